The van der Waals surface area contributed by atoms with E-state index in [2.05, 4.69) is 11.4 Å². The molecule has 5 nitrogen and oxygen atoms in total. The Morgan fingerprint density at radius 3 is 2.69 bits per heavy atom. The zero-order valence-corrected chi connectivity index (χ0v) is 22.4. The van der Waals surface area contributed by atoms with Gasteiger partial charge in [-0.1, -0.05) is 73.3 Å². The normalized spacial score (nSPS) is 18.6. The molecule has 1 N–H and O–H groups in total. The first-order valence-electron chi connectivity index (χ1n) is 12.8. The standard InChI is InChI=1S/C29H33Cl2N3O2/c1-3-19(2)27-29(36)34(18-26(35)32-16-15-20-9-5-4-6-10-20)25-14-13-21(30)17-23(25)28(33-27)22-11-7-8-12-24(22)31/h7-9,11-14,17,19,27H,3-6,10,15-16,18H2,1-2H3,(H,32,35)/t19-,27+/m0/s1. The Bertz CT molecular complexity index is 1190. The van der Waals surface area contributed by atoms with Crippen molar-refractivity contribution < 1.29 is 9.59 Å². The highest BCUT2D eigenvalue weighted by atomic mass is 35.5. The third-order valence-corrected chi connectivity index (χ3v) is 7.62. The number of allylic oxidation sites excluding steroid dienone is 1. The molecule has 1 heterocycles. The largest absolute Gasteiger partial charge is 0.354 e. The molecule has 2 aliphatic rings. The van der Waals surface area contributed by atoms with Gasteiger partial charge in [-0.2, -0.15) is 0 Å². The van der Waals surface area contributed by atoms with E-state index in [9.17, 15) is 9.59 Å². The molecule has 2 aromatic rings. The second kappa shape index (κ2) is 12.1. The van der Waals surface area contributed by atoms with Gasteiger partial charge in [-0.25, -0.2) is 0 Å². The Morgan fingerprint density at radius 2 is 1.97 bits per heavy atom. The van der Waals surface area contributed by atoms with E-state index >= 15 is 0 Å². The number of rotatable bonds is 8. The summed E-state index contributed by atoms with van der Waals surface area (Å²) in [5, 5.41) is 4.08. The topological polar surface area (TPSA) is 61.8 Å². The van der Waals surface area contributed by atoms with Gasteiger partial charge in [-0.15, -0.1) is 0 Å². The van der Waals surface area contributed by atoms with Crippen molar-refractivity contribution in [3.05, 3.63) is 75.3 Å². The van der Waals surface area contributed by atoms with Gasteiger partial charge in [0.2, 0.25) is 5.91 Å². The van der Waals surface area contributed by atoms with Crippen LogP contribution in [0.3, 0.4) is 0 Å². The molecule has 0 bridgehead atoms. The highest BCUT2D eigenvalue weighted by Gasteiger charge is 2.36. The molecule has 4 rings (SSSR count). The number of aliphatic imine (C=N–C) groups is 1. The molecule has 0 unspecified atom stereocenters. The van der Waals surface area contributed by atoms with Crippen LogP contribution in [0.1, 0.15) is 63.5 Å². The molecule has 0 spiro atoms. The van der Waals surface area contributed by atoms with Crippen molar-refractivity contribution in [3.63, 3.8) is 0 Å². The van der Waals surface area contributed by atoms with Crippen LogP contribution in [0.25, 0.3) is 0 Å². The summed E-state index contributed by atoms with van der Waals surface area (Å²) in [6.45, 7) is 4.53. The van der Waals surface area contributed by atoms with Gasteiger partial charge >= 0.3 is 0 Å². The van der Waals surface area contributed by atoms with Crippen LogP contribution in [-0.2, 0) is 9.59 Å². The minimum atomic E-state index is -0.646. The average Bonchev–Trinajstić information content (AvgIpc) is 2.99. The minimum Gasteiger partial charge on any atom is -0.354 e. The Morgan fingerprint density at radius 1 is 1.17 bits per heavy atom. The Kier molecular flexibility index (Phi) is 8.86. The molecular weight excluding hydrogens is 493 g/mol. The molecule has 0 saturated heterocycles. The van der Waals surface area contributed by atoms with Crippen LogP contribution in [-0.4, -0.2) is 36.7 Å². The maximum Gasteiger partial charge on any atom is 0.252 e. The number of amides is 2. The number of carbonyl (C=O) groups excluding carboxylic acids is 2. The number of hydrogen-bond donors (Lipinski definition) is 1. The average molecular weight is 527 g/mol. The number of anilines is 1. The molecule has 7 heteroatoms. The van der Waals surface area contributed by atoms with Crippen LogP contribution in [0.4, 0.5) is 5.69 Å². The van der Waals surface area contributed by atoms with Crippen molar-refractivity contribution in [1.82, 2.24) is 5.32 Å². The van der Waals surface area contributed by atoms with Crippen LogP contribution in [0.5, 0.6) is 0 Å². The van der Waals surface area contributed by atoms with E-state index in [0.717, 1.165) is 31.2 Å². The summed E-state index contributed by atoms with van der Waals surface area (Å²) >= 11 is 13.0. The van der Waals surface area contributed by atoms with E-state index in [-0.39, 0.29) is 24.3 Å². The molecule has 0 fully saturated rings. The molecule has 1 aliphatic heterocycles. The molecule has 1 aliphatic carbocycles. The maximum absolute atomic E-state index is 13.9. The first-order chi connectivity index (χ1) is 17.4. The van der Waals surface area contributed by atoms with E-state index in [1.54, 1.807) is 23.1 Å². The predicted molar refractivity (Wildman–Crippen MR) is 148 cm³/mol. The van der Waals surface area contributed by atoms with Crippen LogP contribution >= 0.6 is 23.2 Å². The van der Waals surface area contributed by atoms with Crippen molar-refractivity contribution in [3.8, 4) is 0 Å². The fourth-order valence-corrected chi connectivity index (χ4v) is 5.19. The summed E-state index contributed by atoms with van der Waals surface area (Å²) in [5.41, 5.74) is 4.05. The minimum absolute atomic E-state index is 0.0245. The summed E-state index contributed by atoms with van der Waals surface area (Å²) in [5.74, 6) is -0.409. The Labute approximate surface area is 223 Å². The molecule has 0 radical (unpaired) electrons. The summed E-state index contributed by atoms with van der Waals surface area (Å²) < 4.78 is 0. The van der Waals surface area contributed by atoms with Gasteiger partial charge < -0.3 is 10.2 Å². The predicted octanol–water partition coefficient (Wildman–Crippen LogP) is 6.60. The lowest BCUT2D eigenvalue weighted by Crippen LogP contribution is -2.46. The van der Waals surface area contributed by atoms with Crippen LogP contribution in [0.15, 0.2) is 59.1 Å². The number of fused-ring (bicyclic) bond motifs is 1. The molecule has 0 saturated carbocycles. The zero-order valence-electron chi connectivity index (χ0n) is 20.9. The van der Waals surface area contributed by atoms with Crippen LogP contribution in [0.2, 0.25) is 10.0 Å². The monoisotopic (exact) mass is 525 g/mol. The number of halogens is 2. The molecule has 2 atom stereocenters. The third kappa shape index (κ3) is 6.01. The first-order valence-corrected chi connectivity index (χ1v) is 13.5. The second-order valence-electron chi connectivity index (χ2n) is 9.58. The van der Waals surface area contributed by atoms with E-state index in [1.807, 2.05) is 38.1 Å². The molecule has 0 aromatic heterocycles. The van der Waals surface area contributed by atoms with Crippen molar-refractivity contribution in [2.75, 3.05) is 18.0 Å². The highest BCUT2D eigenvalue weighted by molar-refractivity contribution is 6.37. The first kappa shape index (κ1) is 26.4. The molecule has 2 aromatic carbocycles. The van der Waals surface area contributed by atoms with Crippen molar-refractivity contribution >= 4 is 46.4 Å². The molecule has 190 valence electrons. The van der Waals surface area contributed by atoms with Crippen molar-refractivity contribution in [2.24, 2.45) is 10.9 Å². The van der Waals surface area contributed by atoms with Crippen molar-refractivity contribution in [1.29, 1.82) is 0 Å². The fourth-order valence-electron chi connectivity index (χ4n) is 4.79. The van der Waals surface area contributed by atoms with Crippen LogP contribution < -0.4 is 10.2 Å². The summed E-state index contributed by atoms with van der Waals surface area (Å²) in [6.07, 6.45) is 8.59. The fraction of sp³-hybridized carbons (Fsp3) is 0.414. The van der Waals surface area contributed by atoms with Crippen LogP contribution in [0, 0.1) is 5.92 Å². The molecule has 2 amide bonds. The van der Waals surface area contributed by atoms with Gasteiger partial charge in [-0.3, -0.25) is 14.6 Å². The van der Waals surface area contributed by atoms with E-state index in [1.165, 1.54) is 18.4 Å². The quantitative estimate of drug-likeness (QED) is 0.394. The van der Waals surface area contributed by atoms with E-state index in [0.29, 0.717) is 33.6 Å². The lowest BCUT2D eigenvalue weighted by Gasteiger charge is -2.27. The van der Waals surface area contributed by atoms with Gasteiger partial charge in [-0.05, 0) is 62.3 Å². The third-order valence-electron chi connectivity index (χ3n) is 7.06. The maximum atomic E-state index is 13.9. The molecule has 36 heavy (non-hydrogen) atoms. The van der Waals surface area contributed by atoms with Gasteiger partial charge in [0.05, 0.1) is 11.4 Å². The summed E-state index contributed by atoms with van der Waals surface area (Å²) in [7, 11) is 0. The lowest BCUT2D eigenvalue weighted by molar-refractivity contribution is -0.124. The number of nitrogens with one attached hydrogen (secondary N) is 1. The van der Waals surface area contributed by atoms with Gasteiger partial charge in [0.25, 0.3) is 5.91 Å². The van der Waals surface area contributed by atoms with Crippen molar-refractivity contribution in [2.45, 2.75) is 58.4 Å². The SMILES string of the molecule is CC[C@H](C)[C@H]1N=C(c2ccccc2Cl)c2cc(Cl)ccc2N(CC(=O)NCCC2=CCCCC2)C1=O. The second-order valence-corrected chi connectivity index (χ2v) is 10.4. The number of carbonyl (C=O) groups is 2. The zero-order chi connectivity index (χ0) is 25.7. The smallest absolute Gasteiger partial charge is 0.252 e. The Balaban J connectivity index is 1.67. The highest BCUT2D eigenvalue weighted by Crippen LogP contribution is 2.34. The Hall–Kier alpha value is -2.63. The number of benzene rings is 2. The summed E-state index contributed by atoms with van der Waals surface area (Å²) in [6, 6.07) is 12.1. The number of hydrogen-bond acceptors (Lipinski definition) is 3. The van der Waals surface area contributed by atoms with E-state index < -0.39 is 6.04 Å². The summed E-state index contributed by atoms with van der Waals surface area (Å²) in [4.78, 5) is 33.4. The number of benzodiazepines with no additional fused rings is 1. The van der Waals surface area contributed by atoms with E-state index in [4.69, 9.17) is 28.2 Å². The van der Waals surface area contributed by atoms with Gasteiger partial charge in [0, 0.05) is 27.7 Å². The lowest BCUT2D eigenvalue weighted by atomic mass is 9.97. The number of nitrogens with zero attached hydrogens (tertiary/aromatic N) is 2. The van der Waals surface area contributed by atoms with Gasteiger partial charge in [0.15, 0.2) is 0 Å². The van der Waals surface area contributed by atoms with Gasteiger partial charge in [0.1, 0.15) is 12.6 Å². The molecular formula is C29H33Cl2N3O2.